The van der Waals surface area contributed by atoms with Crippen molar-refractivity contribution >= 4 is 18.0 Å². The van der Waals surface area contributed by atoms with Crippen LogP contribution < -0.4 is 0 Å². The van der Waals surface area contributed by atoms with Gasteiger partial charge in [0.05, 0.1) is 18.1 Å². The second kappa shape index (κ2) is 5.85. The van der Waals surface area contributed by atoms with Crippen LogP contribution >= 0.6 is 11.8 Å². The summed E-state index contributed by atoms with van der Waals surface area (Å²) in [6, 6.07) is 0. The summed E-state index contributed by atoms with van der Waals surface area (Å²) in [7, 11) is 0. The third kappa shape index (κ3) is 5.03. The van der Waals surface area contributed by atoms with E-state index in [2.05, 4.69) is 20.0 Å². The van der Waals surface area contributed by atoms with Gasteiger partial charge in [-0.15, -0.1) is 24.9 Å². The van der Waals surface area contributed by atoms with Crippen molar-refractivity contribution in [3.05, 3.63) is 17.6 Å². The maximum Gasteiger partial charge on any atom is 0.593 e. The first-order valence-corrected chi connectivity index (χ1v) is 5.65. The van der Waals surface area contributed by atoms with Crippen molar-refractivity contribution in [1.82, 2.24) is 9.97 Å². The van der Waals surface area contributed by atoms with Crippen molar-refractivity contribution in [2.45, 2.75) is 25.2 Å². The quantitative estimate of drug-likeness (QED) is 0.477. The number of hydrogen-bond acceptors (Lipinski definition) is 5. The van der Waals surface area contributed by atoms with E-state index in [1.165, 1.54) is 18.0 Å². The van der Waals surface area contributed by atoms with Gasteiger partial charge in [-0.2, -0.15) is 0 Å². The van der Waals surface area contributed by atoms with Gasteiger partial charge >= 0.3 is 6.36 Å². The second-order valence-corrected chi connectivity index (χ2v) is 4.14. The predicted octanol–water partition coefficient (Wildman–Crippen LogP) is 2.77. The number of rotatable bonds is 4. The molecule has 0 bridgehead atoms. The Balaban J connectivity index is 2.75. The van der Waals surface area contributed by atoms with Gasteiger partial charge in [0.15, 0.2) is 0 Å². The zero-order valence-corrected chi connectivity index (χ0v) is 9.97. The third-order valence-corrected chi connectivity index (χ3v) is 2.50. The van der Waals surface area contributed by atoms with E-state index in [0.29, 0.717) is 5.03 Å². The predicted molar refractivity (Wildman–Crippen MR) is 57.9 cm³/mol. The molecule has 0 fully saturated rings. The van der Waals surface area contributed by atoms with E-state index in [-0.39, 0.29) is 5.69 Å². The molecular formula is C9H10F3N3OS. The van der Waals surface area contributed by atoms with Crippen LogP contribution in [0.3, 0.4) is 0 Å². The van der Waals surface area contributed by atoms with Gasteiger partial charge in [-0.1, -0.05) is 12.1 Å². The summed E-state index contributed by atoms with van der Waals surface area (Å²) in [4.78, 5) is 11.3. The van der Waals surface area contributed by atoms with Gasteiger partial charge in [0.2, 0.25) is 0 Å². The van der Waals surface area contributed by atoms with Gasteiger partial charge < -0.3 is 0 Å². The fraction of sp³-hybridized carbons (Fsp3) is 0.444. The molecule has 1 rings (SSSR count). The summed E-state index contributed by atoms with van der Waals surface area (Å²) in [5, 5.41) is 3.45. The molecule has 1 heterocycles. The third-order valence-electron chi connectivity index (χ3n) is 1.55. The van der Waals surface area contributed by atoms with Crippen LogP contribution in [0.25, 0.3) is 0 Å². The number of oxime groups is 1. The van der Waals surface area contributed by atoms with Crippen LogP contribution in [-0.4, -0.2) is 28.3 Å². The van der Waals surface area contributed by atoms with Gasteiger partial charge in [-0.3, -0.25) is 9.82 Å². The summed E-state index contributed by atoms with van der Waals surface area (Å²) in [6.45, 7) is 3.72. The molecule has 8 heteroatoms. The Morgan fingerprint density at radius 2 is 2.24 bits per heavy atom. The molecule has 1 aromatic rings. The van der Waals surface area contributed by atoms with Crippen LogP contribution in [0.15, 0.2) is 16.4 Å². The maximum atomic E-state index is 11.6. The molecule has 1 aromatic heterocycles. The van der Waals surface area contributed by atoms with Gasteiger partial charge in [0.1, 0.15) is 10.7 Å². The molecule has 0 N–H and O–H groups in total. The average molecular weight is 265 g/mol. The summed E-state index contributed by atoms with van der Waals surface area (Å²) in [6.07, 6.45) is -2.58. The minimum Gasteiger partial charge on any atom is -0.294 e. The number of aryl methyl sites for hydroxylation is 1. The van der Waals surface area contributed by atoms with Crippen molar-refractivity contribution in [2.75, 3.05) is 5.75 Å². The lowest BCUT2D eigenvalue weighted by Crippen LogP contribution is -2.09. The van der Waals surface area contributed by atoms with Crippen molar-refractivity contribution in [2.24, 2.45) is 5.16 Å². The molecule has 0 spiro atoms. The SMILES string of the molecule is CCSc1nc(/C=N/OC(F)(F)F)cnc1C. The number of hydrogen-bond donors (Lipinski definition) is 0. The molecular weight excluding hydrogens is 255 g/mol. The fourth-order valence-electron chi connectivity index (χ4n) is 0.921. The van der Waals surface area contributed by atoms with Gasteiger partial charge in [-0.25, -0.2) is 4.98 Å². The molecule has 94 valence electrons. The zero-order chi connectivity index (χ0) is 12.9. The van der Waals surface area contributed by atoms with Crippen LogP contribution in [0, 0.1) is 6.92 Å². The molecule has 0 aliphatic rings. The lowest BCUT2D eigenvalue weighted by Gasteiger charge is -2.03. The highest BCUT2D eigenvalue weighted by Gasteiger charge is 2.30. The van der Waals surface area contributed by atoms with Gasteiger partial charge in [0, 0.05) is 0 Å². The average Bonchev–Trinajstić information content (AvgIpc) is 2.21. The second-order valence-electron chi connectivity index (χ2n) is 2.89. The van der Waals surface area contributed by atoms with Gasteiger partial charge in [-0.05, 0) is 12.7 Å². The van der Waals surface area contributed by atoms with Crippen LogP contribution in [0.1, 0.15) is 18.3 Å². The molecule has 0 aliphatic heterocycles. The summed E-state index contributed by atoms with van der Waals surface area (Å²) >= 11 is 1.46. The van der Waals surface area contributed by atoms with E-state index < -0.39 is 6.36 Å². The van der Waals surface area contributed by atoms with Gasteiger partial charge in [0.25, 0.3) is 0 Å². The standard InChI is InChI=1S/C9H10F3N3OS/c1-3-17-8-6(2)13-4-7(15-8)5-14-16-9(10,11)12/h4-5H,3H2,1-2H3/b14-5+. The van der Waals surface area contributed by atoms with E-state index >= 15 is 0 Å². The Labute approximate surface area is 100 Å². The van der Waals surface area contributed by atoms with E-state index in [1.54, 1.807) is 6.92 Å². The summed E-state index contributed by atoms with van der Waals surface area (Å²) < 4.78 is 34.9. The molecule has 0 unspecified atom stereocenters. The number of aromatic nitrogens is 2. The highest BCUT2D eigenvalue weighted by atomic mass is 32.2. The van der Waals surface area contributed by atoms with Crippen LogP contribution in [0.4, 0.5) is 13.2 Å². The first-order valence-electron chi connectivity index (χ1n) is 4.67. The number of nitrogens with zero attached hydrogens (tertiary/aromatic N) is 3. The molecule has 0 amide bonds. The molecule has 0 aromatic carbocycles. The normalized spacial score (nSPS) is 12.1. The fourth-order valence-corrected chi connectivity index (χ4v) is 1.63. The Morgan fingerprint density at radius 1 is 1.53 bits per heavy atom. The van der Waals surface area contributed by atoms with Crippen LogP contribution in [0.2, 0.25) is 0 Å². The largest absolute Gasteiger partial charge is 0.593 e. The van der Waals surface area contributed by atoms with Crippen LogP contribution in [-0.2, 0) is 4.84 Å². The Bertz CT molecular complexity index is 409. The lowest BCUT2D eigenvalue weighted by molar-refractivity contribution is -0.325. The first kappa shape index (κ1) is 13.8. The summed E-state index contributed by atoms with van der Waals surface area (Å²) in [5.74, 6) is 0.801. The number of halogens is 3. The summed E-state index contributed by atoms with van der Waals surface area (Å²) in [5.41, 5.74) is 0.946. The van der Waals surface area contributed by atoms with Crippen molar-refractivity contribution in [1.29, 1.82) is 0 Å². The molecule has 0 atom stereocenters. The molecule has 4 nitrogen and oxygen atoms in total. The monoisotopic (exact) mass is 265 g/mol. The molecule has 0 aliphatic carbocycles. The minimum absolute atomic E-state index is 0.218. The van der Waals surface area contributed by atoms with Crippen molar-refractivity contribution < 1.29 is 18.0 Å². The van der Waals surface area contributed by atoms with Crippen molar-refractivity contribution in [3.63, 3.8) is 0 Å². The Hall–Kier alpha value is -1.31. The zero-order valence-electron chi connectivity index (χ0n) is 9.15. The first-order chi connectivity index (χ1) is 7.92. The minimum atomic E-state index is -4.78. The molecule has 0 radical (unpaired) electrons. The van der Waals surface area contributed by atoms with E-state index in [1.807, 2.05) is 6.92 Å². The van der Waals surface area contributed by atoms with Crippen LogP contribution in [0.5, 0.6) is 0 Å². The molecule has 0 saturated heterocycles. The van der Waals surface area contributed by atoms with E-state index in [4.69, 9.17) is 0 Å². The number of alkyl halides is 3. The lowest BCUT2D eigenvalue weighted by atomic mass is 10.4. The molecule has 17 heavy (non-hydrogen) atoms. The highest BCUT2D eigenvalue weighted by molar-refractivity contribution is 7.99. The van der Waals surface area contributed by atoms with E-state index in [0.717, 1.165) is 17.7 Å². The van der Waals surface area contributed by atoms with E-state index in [9.17, 15) is 13.2 Å². The Kier molecular flexibility index (Phi) is 4.73. The Morgan fingerprint density at radius 3 is 2.82 bits per heavy atom. The number of thioether (sulfide) groups is 1. The smallest absolute Gasteiger partial charge is 0.294 e. The highest BCUT2D eigenvalue weighted by Crippen LogP contribution is 2.18. The topological polar surface area (TPSA) is 47.4 Å². The molecule has 0 saturated carbocycles. The maximum absolute atomic E-state index is 11.6. The van der Waals surface area contributed by atoms with Crippen molar-refractivity contribution in [3.8, 4) is 0 Å².